The Morgan fingerprint density at radius 1 is 1.17 bits per heavy atom. The Hall–Kier alpha value is -1.84. The van der Waals surface area contributed by atoms with Crippen LogP contribution in [0.1, 0.15) is 57.6 Å². The van der Waals surface area contributed by atoms with Gasteiger partial charge in [0.2, 0.25) is 15.8 Å². The number of hydrogen-bond donors (Lipinski definition) is 1. The van der Waals surface area contributed by atoms with Crippen LogP contribution in [0.25, 0.3) is 11.4 Å². The minimum absolute atomic E-state index is 0.222. The third-order valence-corrected chi connectivity index (χ3v) is 7.92. The summed E-state index contributed by atoms with van der Waals surface area (Å²) in [7, 11) is -2.11. The van der Waals surface area contributed by atoms with Crippen LogP contribution in [-0.4, -0.2) is 59.7 Å². The molecule has 1 saturated carbocycles. The van der Waals surface area contributed by atoms with Crippen LogP contribution >= 0.6 is 0 Å². The highest BCUT2D eigenvalue weighted by Gasteiger charge is 2.32. The molecule has 0 amide bonds. The molecular formula is C21H32N6O2S. The monoisotopic (exact) mass is 432 g/mol. The standard InChI is InChI=1S/C21H32N6O2S/c1-15(2)26-13-18(14-26)27-24-21(23-25-27)20-12-19(30(28,29)22-3)10-9-17(20)11-16-7-5-4-6-8-16/h9-10,12,15-16,18,22H,4-8,11,13-14H2,1-3H3. The van der Waals surface area contributed by atoms with Crippen LogP contribution < -0.4 is 4.72 Å². The second-order valence-electron chi connectivity index (χ2n) is 8.87. The first kappa shape index (κ1) is 21.4. The van der Waals surface area contributed by atoms with Gasteiger partial charge in [0, 0.05) is 24.7 Å². The normalized spacial score (nSPS) is 19.3. The molecule has 1 N–H and O–H groups in total. The summed E-state index contributed by atoms with van der Waals surface area (Å²) < 4.78 is 27.2. The van der Waals surface area contributed by atoms with E-state index in [2.05, 4.69) is 38.9 Å². The summed E-state index contributed by atoms with van der Waals surface area (Å²) in [6, 6.07) is 6.05. The Morgan fingerprint density at radius 3 is 2.57 bits per heavy atom. The highest BCUT2D eigenvalue weighted by Crippen LogP contribution is 2.32. The van der Waals surface area contributed by atoms with Gasteiger partial charge in [-0.1, -0.05) is 38.2 Å². The summed E-state index contributed by atoms with van der Waals surface area (Å²) in [5, 5.41) is 13.3. The van der Waals surface area contributed by atoms with Crippen molar-refractivity contribution in [2.75, 3.05) is 20.1 Å². The van der Waals surface area contributed by atoms with E-state index in [0.29, 0.717) is 17.8 Å². The molecule has 164 valence electrons. The molecule has 0 radical (unpaired) electrons. The van der Waals surface area contributed by atoms with Crippen LogP contribution in [-0.2, 0) is 16.4 Å². The van der Waals surface area contributed by atoms with E-state index in [0.717, 1.165) is 30.6 Å². The molecule has 1 aliphatic carbocycles. The number of nitrogens with zero attached hydrogens (tertiary/aromatic N) is 5. The molecule has 4 rings (SSSR count). The third kappa shape index (κ3) is 4.43. The predicted octanol–water partition coefficient (Wildman–Crippen LogP) is 2.64. The Balaban J connectivity index is 1.63. The zero-order valence-electron chi connectivity index (χ0n) is 18.1. The van der Waals surface area contributed by atoms with Crippen LogP contribution in [0.3, 0.4) is 0 Å². The number of tetrazole rings is 1. The van der Waals surface area contributed by atoms with Crippen LogP contribution in [0.15, 0.2) is 23.1 Å². The molecule has 30 heavy (non-hydrogen) atoms. The number of hydrogen-bond acceptors (Lipinski definition) is 6. The van der Waals surface area contributed by atoms with Gasteiger partial charge in [-0.05, 0) is 56.1 Å². The first-order valence-corrected chi connectivity index (χ1v) is 12.5. The molecule has 0 atom stereocenters. The average Bonchev–Trinajstić information content (AvgIpc) is 3.17. The lowest BCUT2D eigenvalue weighted by atomic mass is 9.84. The van der Waals surface area contributed by atoms with Gasteiger partial charge in [-0.25, -0.2) is 13.1 Å². The summed E-state index contributed by atoms with van der Waals surface area (Å²) in [4.78, 5) is 4.29. The summed E-state index contributed by atoms with van der Waals surface area (Å²) in [5.74, 6) is 1.14. The third-order valence-electron chi connectivity index (χ3n) is 6.51. The van der Waals surface area contributed by atoms with Crippen LogP contribution in [0.4, 0.5) is 0 Å². The fourth-order valence-corrected chi connectivity index (χ4v) is 5.23. The van der Waals surface area contributed by atoms with Crippen molar-refractivity contribution in [1.29, 1.82) is 0 Å². The molecule has 0 bridgehead atoms. The number of nitrogens with one attached hydrogen (secondary N) is 1. The summed E-state index contributed by atoms with van der Waals surface area (Å²) in [6.07, 6.45) is 7.23. The molecule has 2 aliphatic rings. The molecule has 1 aliphatic heterocycles. The fourth-order valence-electron chi connectivity index (χ4n) is 4.47. The lowest BCUT2D eigenvalue weighted by Gasteiger charge is -2.40. The quantitative estimate of drug-likeness (QED) is 0.723. The van der Waals surface area contributed by atoms with Gasteiger partial charge in [-0.3, -0.25) is 4.90 Å². The van der Waals surface area contributed by atoms with Gasteiger partial charge in [0.25, 0.3) is 0 Å². The van der Waals surface area contributed by atoms with Crippen molar-refractivity contribution in [3.8, 4) is 11.4 Å². The van der Waals surface area contributed by atoms with Crippen molar-refractivity contribution in [3.63, 3.8) is 0 Å². The molecule has 0 unspecified atom stereocenters. The van der Waals surface area contributed by atoms with E-state index in [4.69, 9.17) is 0 Å². The number of sulfonamides is 1. The van der Waals surface area contributed by atoms with Crippen molar-refractivity contribution in [3.05, 3.63) is 23.8 Å². The Kier molecular flexibility index (Phi) is 6.22. The van der Waals surface area contributed by atoms with E-state index in [1.54, 1.807) is 16.9 Å². The van der Waals surface area contributed by atoms with Gasteiger partial charge in [-0.2, -0.15) is 4.80 Å². The van der Waals surface area contributed by atoms with Crippen LogP contribution in [0.2, 0.25) is 0 Å². The molecule has 1 saturated heterocycles. The first-order chi connectivity index (χ1) is 14.4. The van der Waals surface area contributed by atoms with Crippen LogP contribution in [0, 0.1) is 5.92 Å². The van der Waals surface area contributed by atoms with Gasteiger partial charge in [0.15, 0.2) is 0 Å². The number of likely N-dealkylation sites (tertiary alicyclic amines) is 1. The Morgan fingerprint density at radius 2 is 1.90 bits per heavy atom. The van der Waals surface area contributed by atoms with Crippen molar-refractivity contribution in [1.82, 2.24) is 29.8 Å². The van der Waals surface area contributed by atoms with Gasteiger partial charge in [0.1, 0.15) is 0 Å². The second-order valence-corrected chi connectivity index (χ2v) is 10.8. The van der Waals surface area contributed by atoms with Gasteiger partial charge < -0.3 is 0 Å². The van der Waals surface area contributed by atoms with Crippen molar-refractivity contribution in [2.24, 2.45) is 5.92 Å². The summed E-state index contributed by atoms with van der Waals surface area (Å²) in [6.45, 7) is 6.19. The highest BCUT2D eigenvalue weighted by molar-refractivity contribution is 7.89. The maximum absolute atomic E-state index is 12.4. The van der Waals surface area contributed by atoms with E-state index < -0.39 is 10.0 Å². The van der Waals surface area contributed by atoms with Crippen molar-refractivity contribution < 1.29 is 8.42 Å². The smallest absolute Gasteiger partial charge is 0.240 e. The fraction of sp³-hybridized carbons (Fsp3) is 0.667. The first-order valence-electron chi connectivity index (χ1n) is 11.0. The van der Waals surface area contributed by atoms with Crippen molar-refractivity contribution in [2.45, 2.75) is 69.4 Å². The molecule has 9 heteroatoms. The topological polar surface area (TPSA) is 93.0 Å². The second kappa shape index (κ2) is 8.72. The number of rotatable bonds is 7. The van der Waals surface area contributed by atoms with Crippen LogP contribution in [0.5, 0.6) is 0 Å². The van der Waals surface area contributed by atoms with Gasteiger partial charge in [-0.15, -0.1) is 10.2 Å². The van der Waals surface area contributed by atoms with Gasteiger partial charge >= 0.3 is 0 Å². The van der Waals surface area contributed by atoms with E-state index in [-0.39, 0.29) is 10.9 Å². The Labute approximate surface area is 179 Å². The zero-order chi connectivity index (χ0) is 21.3. The Bertz CT molecular complexity index is 975. The molecule has 2 heterocycles. The largest absolute Gasteiger partial charge is 0.296 e. The average molecular weight is 433 g/mol. The summed E-state index contributed by atoms with van der Waals surface area (Å²) >= 11 is 0. The molecule has 2 fully saturated rings. The van der Waals surface area contributed by atoms with E-state index in [1.165, 1.54) is 39.2 Å². The summed E-state index contributed by atoms with van der Waals surface area (Å²) in [5.41, 5.74) is 1.89. The minimum atomic E-state index is -3.54. The zero-order valence-corrected chi connectivity index (χ0v) is 18.9. The van der Waals surface area contributed by atoms with E-state index >= 15 is 0 Å². The predicted molar refractivity (Wildman–Crippen MR) is 116 cm³/mol. The van der Waals surface area contributed by atoms with Crippen molar-refractivity contribution >= 4 is 10.0 Å². The van der Waals surface area contributed by atoms with E-state index in [9.17, 15) is 8.42 Å². The van der Waals surface area contributed by atoms with E-state index in [1.807, 2.05) is 6.07 Å². The van der Waals surface area contributed by atoms with Gasteiger partial charge in [0.05, 0.1) is 10.9 Å². The highest BCUT2D eigenvalue weighted by atomic mass is 32.2. The SMILES string of the molecule is CNS(=O)(=O)c1ccc(CC2CCCCC2)c(-c2nnn(C3CN(C(C)C)C3)n2)c1. The maximum Gasteiger partial charge on any atom is 0.240 e. The molecular weight excluding hydrogens is 400 g/mol. The lowest BCUT2D eigenvalue weighted by Crippen LogP contribution is -2.51. The molecule has 8 nitrogen and oxygen atoms in total. The minimum Gasteiger partial charge on any atom is -0.296 e. The molecule has 0 spiro atoms. The molecule has 1 aromatic heterocycles. The molecule has 2 aromatic rings. The number of aromatic nitrogens is 4. The number of benzene rings is 1. The lowest BCUT2D eigenvalue weighted by molar-refractivity contribution is 0.0585. The maximum atomic E-state index is 12.4. The molecule has 1 aromatic carbocycles.